The van der Waals surface area contributed by atoms with Gasteiger partial charge in [0, 0.05) is 19.9 Å². The van der Waals surface area contributed by atoms with Gasteiger partial charge >= 0.3 is 0 Å². The van der Waals surface area contributed by atoms with Crippen LogP contribution in [0, 0.1) is 0 Å². The summed E-state index contributed by atoms with van der Waals surface area (Å²) in [6.45, 7) is 5.45. The number of benzene rings is 3. The molecule has 20 heteroatoms. The number of aliphatic hydroxyl groups excluding tert-OH is 2. The monoisotopic (exact) mass is 921 g/mol. The van der Waals surface area contributed by atoms with Crippen molar-refractivity contribution in [2.24, 2.45) is 11.5 Å². The highest BCUT2D eigenvalue weighted by Crippen LogP contribution is 2.27. The Bertz CT molecular complexity index is 2140. The molecule has 1 aliphatic rings. The van der Waals surface area contributed by atoms with Crippen molar-refractivity contribution in [3.05, 3.63) is 77.9 Å². The van der Waals surface area contributed by atoms with E-state index in [2.05, 4.69) is 26.6 Å². The van der Waals surface area contributed by atoms with Crippen LogP contribution in [-0.4, -0.2) is 127 Å². The van der Waals surface area contributed by atoms with E-state index in [4.69, 9.17) is 30.4 Å². The Hall–Kier alpha value is -6.19. The van der Waals surface area contributed by atoms with E-state index in [1.165, 1.54) is 20.8 Å². The number of hydrogen-bond donors (Lipinski definition) is 9. The van der Waals surface area contributed by atoms with Crippen LogP contribution in [0.5, 0.6) is 5.75 Å². The van der Waals surface area contributed by atoms with Gasteiger partial charge in [0.25, 0.3) is 0 Å². The van der Waals surface area contributed by atoms with Crippen molar-refractivity contribution >= 4 is 52.1 Å². The molecule has 0 spiro atoms. The van der Waals surface area contributed by atoms with E-state index in [1.807, 2.05) is 49.4 Å². The fourth-order valence-electron chi connectivity index (χ4n) is 7.24. The van der Waals surface area contributed by atoms with Crippen molar-refractivity contribution in [2.45, 2.75) is 127 Å². The summed E-state index contributed by atoms with van der Waals surface area (Å²) >= 11 is 0. The van der Waals surface area contributed by atoms with Gasteiger partial charge in [0.1, 0.15) is 54.3 Å². The third kappa shape index (κ3) is 15.5. The summed E-state index contributed by atoms with van der Waals surface area (Å²) < 4.78 is 22.9. The molecule has 1 saturated heterocycles. The molecule has 1 aliphatic heterocycles. The van der Waals surface area contributed by atoms with E-state index in [0.717, 1.165) is 27.6 Å². The molecule has 20 nitrogen and oxygen atoms in total. The maximum Gasteiger partial charge on any atom is 0.249 e. The van der Waals surface area contributed by atoms with Crippen LogP contribution in [0.25, 0.3) is 10.8 Å². The largest absolute Gasteiger partial charge is 0.497 e. The predicted molar refractivity (Wildman–Crippen MR) is 240 cm³/mol. The minimum atomic E-state index is -1.52. The molecule has 66 heavy (non-hydrogen) atoms. The molecule has 1 heterocycles. The zero-order valence-corrected chi connectivity index (χ0v) is 37.8. The van der Waals surface area contributed by atoms with Gasteiger partial charge in [-0.1, -0.05) is 54.6 Å². The summed E-state index contributed by atoms with van der Waals surface area (Å²) in [7, 11) is 1.60. The molecule has 10 atom stereocenters. The van der Waals surface area contributed by atoms with Crippen molar-refractivity contribution in [1.29, 1.82) is 0 Å². The fraction of sp³-hybridized carbons (Fsp3) is 0.500. The Kier molecular flexibility index (Phi) is 20.3. The Labute approximate surface area is 383 Å². The van der Waals surface area contributed by atoms with Gasteiger partial charge in [-0.3, -0.25) is 33.6 Å². The average molecular weight is 922 g/mol. The number of carbonyl (C=O) groups excluding carboxylic acids is 7. The zero-order valence-electron chi connectivity index (χ0n) is 37.8. The van der Waals surface area contributed by atoms with Crippen LogP contribution in [0.3, 0.4) is 0 Å². The second-order valence-electron chi connectivity index (χ2n) is 16.2. The minimum absolute atomic E-state index is 0.0471. The smallest absolute Gasteiger partial charge is 0.249 e. The molecule has 0 unspecified atom stereocenters. The van der Waals surface area contributed by atoms with Crippen LogP contribution in [-0.2, 0) is 54.4 Å². The van der Waals surface area contributed by atoms with E-state index in [1.54, 1.807) is 31.4 Å². The molecule has 3 aromatic carbocycles. The lowest BCUT2D eigenvalue weighted by molar-refractivity contribution is -0.283. The molecule has 7 amide bonds. The summed E-state index contributed by atoms with van der Waals surface area (Å²) in [5.41, 5.74) is 12.7. The van der Waals surface area contributed by atoms with Crippen molar-refractivity contribution in [2.75, 3.05) is 20.3 Å². The average Bonchev–Trinajstić information content (AvgIpc) is 3.29. The molecule has 4 rings (SSSR count). The van der Waals surface area contributed by atoms with E-state index < -0.39 is 103 Å². The van der Waals surface area contributed by atoms with Crippen molar-refractivity contribution < 1.29 is 62.7 Å². The number of unbranched alkanes of at least 4 members (excludes halogenated alkanes) is 1. The number of amides is 7. The van der Waals surface area contributed by atoms with E-state index >= 15 is 0 Å². The number of hydrogen-bond acceptors (Lipinski definition) is 13. The number of nitrogens with two attached hydrogens (primary N) is 2. The summed E-state index contributed by atoms with van der Waals surface area (Å²) in [4.78, 5) is 88.9. The first-order valence-corrected chi connectivity index (χ1v) is 21.8. The third-order valence-electron chi connectivity index (χ3n) is 11.1. The van der Waals surface area contributed by atoms with Gasteiger partial charge < -0.3 is 67.2 Å². The van der Waals surface area contributed by atoms with Crippen molar-refractivity contribution in [1.82, 2.24) is 26.6 Å². The van der Waals surface area contributed by atoms with Gasteiger partial charge in [0.15, 0.2) is 6.29 Å². The van der Waals surface area contributed by atoms with Crippen molar-refractivity contribution in [3.63, 3.8) is 0 Å². The van der Waals surface area contributed by atoms with Crippen LogP contribution in [0.1, 0.15) is 76.8 Å². The number of rotatable bonds is 25. The van der Waals surface area contributed by atoms with Gasteiger partial charge in [0.05, 0.1) is 26.2 Å². The van der Waals surface area contributed by atoms with Crippen molar-refractivity contribution in [3.8, 4) is 5.75 Å². The number of ether oxygens (including phenoxy) is 4. The first-order chi connectivity index (χ1) is 31.4. The van der Waals surface area contributed by atoms with E-state index in [0.29, 0.717) is 19.4 Å². The summed E-state index contributed by atoms with van der Waals surface area (Å²) in [6.07, 6.45) is -6.05. The minimum Gasteiger partial charge on any atom is -0.497 e. The van der Waals surface area contributed by atoms with E-state index in [-0.39, 0.29) is 31.8 Å². The first-order valence-electron chi connectivity index (χ1n) is 21.8. The second-order valence-corrected chi connectivity index (χ2v) is 16.2. The standard InChI is InChI=1S/C46H63N7O13/c1-25(30-14-15-32-22-33(63-5)17-16-31(32)21-30)43(60)49-20-10-9-13-34(41(47)58)52-37(56)19-18-35(42(48)59)53-44(61)26(2)50-45(62)27(3)65-40-38(51-28(4)55)46(66-36(23-54)39(40)57)64-24-29-11-7-6-8-12-29/h6-8,11-12,14-17,21-22,25-27,34-36,38-40,46,54,57H,9-10,13,18-20,23-24H2,1-5H3,(H2,47,58)(H2,48,59)(H,49,60)(H,50,62)(H,51,55)(H,52,56)(H,53,61)/t25-,26+,27-,34+,35-,36-,38-,39-,40-,46+/m1/s1. The molecule has 3 aromatic rings. The molecule has 360 valence electrons. The quantitative estimate of drug-likeness (QED) is 0.0508. The van der Waals surface area contributed by atoms with Gasteiger partial charge in [0.2, 0.25) is 41.4 Å². The number of aliphatic hydroxyl groups is 2. The molecule has 0 aliphatic carbocycles. The SMILES string of the molecule is COc1ccc2cc([C@@H](C)C(=O)NCCCC[C@H](NC(=O)CC[C@@H](NC(=O)[C@H](C)NC(=O)[C@@H](C)O[C@H]3[C@H](O)[C@@H](CO)O[C@H](OCc4ccccc4)[C@@H]3NC(C)=O)C(N)=O)C(N)=O)ccc2c1. The van der Waals surface area contributed by atoms with Gasteiger partial charge in [-0.05, 0) is 80.5 Å². The highest BCUT2D eigenvalue weighted by molar-refractivity contribution is 5.93. The molecular formula is C46H63N7O13. The Morgan fingerprint density at radius 1 is 0.803 bits per heavy atom. The lowest BCUT2D eigenvalue weighted by Gasteiger charge is -2.44. The van der Waals surface area contributed by atoms with E-state index in [9.17, 15) is 43.8 Å². The van der Waals surface area contributed by atoms with Crippen LogP contribution >= 0.6 is 0 Å². The Morgan fingerprint density at radius 3 is 2.12 bits per heavy atom. The fourth-order valence-corrected chi connectivity index (χ4v) is 7.24. The number of nitrogens with one attached hydrogen (secondary N) is 5. The highest BCUT2D eigenvalue weighted by atomic mass is 16.7. The van der Waals surface area contributed by atoms with Gasteiger partial charge in [-0.25, -0.2) is 0 Å². The topological polar surface area (TPSA) is 309 Å². The lowest BCUT2D eigenvalue weighted by atomic mass is 9.96. The number of fused-ring (bicyclic) bond motifs is 1. The molecule has 0 bridgehead atoms. The van der Waals surface area contributed by atoms with Crippen LogP contribution in [0.15, 0.2) is 66.7 Å². The summed E-state index contributed by atoms with van der Waals surface area (Å²) in [5.74, 6) is -4.37. The summed E-state index contributed by atoms with van der Waals surface area (Å²) in [6, 6.07) is 15.8. The predicted octanol–water partition coefficient (Wildman–Crippen LogP) is 0.0368. The molecular weight excluding hydrogens is 859 g/mol. The number of carbonyl (C=O) groups is 7. The maximum atomic E-state index is 13.3. The molecule has 0 aromatic heterocycles. The summed E-state index contributed by atoms with van der Waals surface area (Å²) in [5, 5.41) is 35.9. The first kappa shape index (κ1) is 52.4. The lowest BCUT2D eigenvalue weighted by Crippen LogP contribution is -2.66. The Balaban J connectivity index is 1.22. The normalized spacial score (nSPS) is 20.4. The molecule has 0 radical (unpaired) electrons. The van der Waals surface area contributed by atoms with Gasteiger partial charge in [-0.15, -0.1) is 0 Å². The molecule has 1 fully saturated rings. The second kappa shape index (κ2) is 25.5. The molecule has 11 N–H and O–H groups in total. The van der Waals surface area contributed by atoms with Crippen LogP contribution < -0.4 is 42.8 Å². The highest BCUT2D eigenvalue weighted by Gasteiger charge is 2.48. The van der Waals surface area contributed by atoms with Crippen LogP contribution in [0.4, 0.5) is 0 Å². The third-order valence-corrected chi connectivity index (χ3v) is 11.1. The van der Waals surface area contributed by atoms with Gasteiger partial charge in [-0.2, -0.15) is 0 Å². The maximum absolute atomic E-state index is 13.3. The number of methoxy groups -OCH3 is 1. The number of primary amides is 2. The molecule has 0 saturated carbocycles. The Morgan fingerprint density at radius 2 is 1.47 bits per heavy atom. The zero-order chi connectivity index (χ0) is 48.5. The van der Waals surface area contributed by atoms with Crippen LogP contribution in [0.2, 0.25) is 0 Å².